The van der Waals surface area contributed by atoms with Crippen LogP contribution in [0.2, 0.25) is 10.0 Å². The summed E-state index contributed by atoms with van der Waals surface area (Å²) in [5, 5.41) is 11.2. The van der Waals surface area contributed by atoms with E-state index in [1.165, 1.54) is 7.11 Å². The highest BCUT2D eigenvalue weighted by Gasteiger charge is 2.46. The maximum Gasteiger partial charge on any atom is 0.311 e. The van der Waals surface area contributed by atoms with E-state index in [4.69, 9.17) is 27.9 Å². The first-order valence-electron chi connectivity index (χ1n) is 7.25. The molecule has 0 radical (unpaired) electrons. The van der Waals surface area contributed by atoms with Gasteiger partial charge < -0.3 is 9.84 Å². The first kappa shape index (κ1) is 15.8. The number of carbonyl (C=O) groups is 1. The molecule has 118 valence electrons. The van der Waals surface area contributed by atoms with Crippen molar-refractivity contribution in [3.63, 3.8) is 0 Å². The van der Waals surface area contributed by atoms with Crippen molar-refractivity contribution in [1.82, 2.24) is 0 Å². The number of methoxy groups -OCH3 is 1. The molecule has 2 bridgehead atoms. The summed E-state index contributed by atoms with van der Waals surface area (Å²) < 4.78 is 4.97. The van der Waals surface area contributed by atoms with E-state index in [1.807, 2.05) is 12.3 Å². The van der Waals surface area contributed by atoms with Gasteiger partial charge in [-0.05, 0) is 36.5 Å². The van der Waals surface area contributed by atoms with Gasteiger partial charge in [-0.15, -0.1) is 0 Å². The van der Waals surface area contributed by atoms with Gasteiger partial charge in [0, 0.05) is 12.1 Å². The van der Waals surface area contributed by atoms with Gasteiger partial charge in [-0.2, -0.15) is 0 Å². The SMILES string of the molecule is COC(=O)C1C(c2ccc(Cl)c(Cl)c2)CC2C=NC1[C@H](O)C2. The smallest absolute Gasteiger partial charge is 0.311 e. The minimum absolute atomic E-state index is 0.100. The third-order valence-electron chi connectivity index (χ3n) is 4.61. The molecule has 22 heavy (non-hydrogen) atoms. The van der Waals surface area contributed by atoms with Crippen LogP contribution in [0, 0.1) is 11.8 Å². The second-order valence-corrected chi connectivity index (χ2v) is 6.73. The number of aliphatic hydroxyl groups is 1. The van der Waals surface area contributed by atoms with Crippen LogP contribution < -0.4 is 0 Å². The molecule has 1 saturated carbocycles. The van der Waals surface area contributed by atoms with Crippen LogP contribution in [-0.2, 0) is 9.53 Å². The van der Waals surface area contributed by atoms with Crippen LogP contribution in [0.5, 0.6) is 0 Å². The second-order valence-electron chi connectivity index (χ2n) is 5.92. The summed E-state index contributed by atoms with van der Waals surface area (Å²) in [6.07, 6.45) is 2.60. The Bertz CT molecular complexity index is 619. The number of esters is 1. The summed E-state index contributed by atoms with van der Waals surface area (Å²) in [7, 11) is 1.36. The van der Waals surface area contributed by atoms with E-state index >= 15 is 0 Å². The number of halogens is 2. The lowest BCUT2D eigenvalue weighted by Gasteiger charge is -2.29. The van der Waals surface area contributed by atoms with Gasteiger partial charge in [-0.25, -0.2) is 0 Å². The van der Waals surface area contributed by atoms with Crippen molar-refractivity contribution in [2.75, 3.05) is 7.11 Å². The Labute approximate surface area is 139 Å². The van der Waals surface area contributed by atoms with Crippen LogP contribution in [0.3, 0.4) is 0 Å². The molecule has 4 nitrogen and oxygen atoms in total. The van der Waals surface area contributed by atoms with Crippen LogP contribution in [-0.4, -0.2) is 36.5 Å². The monoisotopic (exact) mass is 341 g/mol. The fourth-order valence-electron chi connectivity index (χ4n) is 3.56. The summed E-state index contributed by atoms with van der Waals surface area (Å²) in [5.74, 6) is -0.807. The zero-order valence-corrected chi connectivity index (χ0v) is 13.6. The Morgan fingerprint density at radius 1 is 1.32 bits per heavy atom. The molecule has 2 aliphatic heterocycles. The second kappa shape index (κ2) is 6.19. The molecule has 1 aromatic rings. The van der Waals surface area contributed by atoms with Crippen LogP contribution >= 0.6 is 23.2 Å². The summed E-state index contributed by atoms with van der Waals surface area (Å²) in [6.45, 7) is 0. The molecule has 0 saturated heterocycles. The van der Waals surface area contributed by atoms with Crippen LogP contribution in [0.15, 0.2) is 23.2 Å². The molecule has 6 heteroatoms. The standard InChI is InChI=1S/C16H17Cl2NO3/c1-22-16(21)14-10(9-2-3-11(17)12(18)6-9)4-8-5-13(20)15(14)19-7-8/h2-3,6-8,10,13-15,20H,4-5H2,1H3/t8?,10?,13-,14?,15?/m1/s1. The summed E-state index contributed by atoms with van der Waals surface area (Å²) in [6, 6.07) is 4.94. The van der Waals surface area contributed by atoms with Gasteiger partial charge in [-0.1, -0.05) is 29.3 Å². The van der Waals surface area contributed by atoms with Gasteiger partial charge in [0.1, 0.15) is 0 Å². The number of aliphatic imine (C=N–C) groups is 1. The number of nitrogens with zero attached hydrogens (tertiary/aromatic N) is 1. The Balaban J connectivity index is 2.03. The fraction of sp³-hybridized carbons (Fsp3) is 0.500. The maximum absolute atomic E-state index is 12.3. The molecule has 5 atom stereocenters. The number of benzene rings is 1. The lowest BCUT2D eigenvalue weighted by molar-refractivity contribution is -0.148. The number of hydrogen-bond donors (Lipinski definition) is 1. The van der Waals surface area contributed by atoms with E-state index in [9.17, 15) is 9.90 Å². The predicted octanol–water partition coefficient (Wildman–Crippen LogP) is 3.09. The van der Waals surface area contributed by atoms with Crippen molar-refractivity contribution < 1.29 is 14.6 Å². The minimum Gasteiger partial charge on any atom is -0.469 e. The molecule has 1 aliphatic carbocycles. The van der Waals surface area contributed by atoms with Crippen LogP contribution in [0.4, 0.5) is 0 Å². The lowest BCUT2D eigenvalue weighted by Crippen LogP contribution is -2.40. The molecule has 1 N–H and O–H groups in total. The van der Waals surface area contributed by atoms with Gasteiger partial charge in [0.15, 0.2) is 0 Å². The van der Waals surface area contributed by atoms with E-state index in [-0.39, 0.29) is 17.8 Å². The number of rotatable bonds is 2. The Hall–Kier alpha value is -1.10. The molecular weight excluding hydrogens is 325 g/mol. The van der Waals surface area contributed by atoms with Gasteiger partial charge in [0.25, 0.3) is 0 Å². The van der Waals surface area contributed by atoms with Gasteiger partial charge in [-0.3, -0.25) is 9.79 Å². The average Bonchev–Trinajstić information content (AvgIpc) is 2.76. The van der Waals surface area contributed by atoms with Gasteiger partial charge >= 0.3 is 5.97 Å². The van der Waals surface area contributed by atoms with E-state index in [0.29, 0.717) is 16.5 Å². The third kappa shape index (κ3) is 2.75. The van der Waals surface area contributed by atoms with Crippen molar-refractivity contribution in [3.05, 3.63) is 33.8 Å². The number of ether oxygens (including phenoxy) is 1. The van der Waals surface area contributed by atoms with E-state index in [0.717, 1.165) is 12.0 Å². The Kier molecular flexibility index (Phi) is 4.44. The Morgan fingerprint density at radius 2 is 2.09 bits per heavy atom. The quantitative estimate of drug-likeness (QED) is 0.841. The van der Waals surface area contributed by atoms with Crippen molar-refractivity contribution in [2.24, 2.45) is 16.8 Å². The fourth-order valence-corrected chi connectivity index (χ4v) is 3.86. The molecule has 0 amide bonds. The number of fused-ring (bicyclic) bond motifs is 3. The molecule has 1 aromatic carbocycles. The zero-order chi connectivity index (χ0) is 15.9. The van der Waals surface area contributed by atoms with E-state index in [2.05, 4.69) is 4.99 Å². The number of carbonyl (C=O) groups excluding carboxylic acids is 1. The molecule has 0 spiro atoms. The van der Waals surface area contributed by atoms with Crippen molar-refractivity contribution in [2.45, 2.75) is 30.9 Å². The zero-order valence-electron chi connectivity index (χ0n) is 12.1. The summed E-state index contributed by atoms with van der Waals surface area (Å²) in [5.41, 5.74) is 0.930. The first-order valence-corrected chi connectivity index (χ1v) is 8.01. The molecule has 4 unspecified atom stereocenters. The molecule has 3 aliphatic rings. The van der Waals surface area contributed by atoms with Crippen molar-refractivity contribution in [1.29, 1.82) is 0 Å². The van der Waals surface area contributed by atoms with E-state index in [1.54, 1.807) is 12.1 Å². The summed E-state index contributed by atoms with van der Waals surface area (Å²) in [4.78, 5) is 16.7. The number of hydrogen-bond acceptors (Lipinski definition) is 4. The Morgan fingerprint density at radius 3 is 2.73 bits per heavy atom. The van der Waals surface area contributed by atoms with Crippen molar-refractivity contribution >= 4 is 35.4 Å². The third-order valence-corrected chi connectivity index (χ3v) is 5.35. The molecule has 0 aromatic heterocycles. The molecule has 4 rings (SSSR count). The van der Waals surface area contributed by atoms with Crippen molar-refractivity contribution in [3.8, 4) is 0 Å². The highest BCUT2D eigenvalue weighted by atomic mass is 35.5. The normalized spacial score (nSPS) is 33.5. The minimum atomic E-state index is -0.619. The molecule has 2 heterocycles. The maximum atomic E-state index is 12.3. The number of aliphatic hydroxyl groups excluding tert-OH is 1. The lowest BCUT2D eigenvalue weighted by atomic mass is 9.79. The topological polar surface area (TPSA) is 58.9 Å². The van der Waals surface area contributed by atoms with Gasteiger partial charge in [0.05, 0.1) is 35.2 Å². The first-order chi connectivity index (χ1) is 10.5. The highest BCUT2D eigenvalue weighted by molar-refractivity contribution is 6.42. The van der Waals surface area contributed by atoms with E-state index < -0.39 is 18.1 Å². The molecule has 1 fully saturated rings. The average molecular weight is 342 g/mol. The van der Waals surface area contributed by atoms with Crippen LogP contribution in [0.25, 0.3) is 0 Å². The summed E-state index contributed by atoms with van der Waals surface area (Å²) >= 11 is 12.1. The largest absolute Gasteiger partial charge is 0.469 e. The van der Waals surface area contributed by atoms with Crippen LogP contribution in [0.1, 0.15) is 24.3 Å². The molecular formula is C16H17Cl2NO3. The van der Waals surface area contributed by atoms with Gasteiger partial charge in [0.2, 0.25) is 0 Å². The predicted molar refractivity (Wildman–Crippen MR) is 85.7 cm³/mol. The highest BCUT2D eigenvalue weighted by Crippen LogP contribution is 2.44.